The quantitative estimate of drug-likeness (QED) is 0.653. The molecule has 0 aliphatic carbocycles. The summed E-state index contributed by atoms with van der Waals surface area (Å²) in [4.78, 5) is 14.2. The number of likely N-dealkylation sites (tertiary alicyclic amines) is 1. The SMILES string of the molecule is C[C@H](N)C(=O)N1CCC2(CC1)CO[C@@]1(C)CC[C@H]3OC(C)(C)[C@H](O)CC[C@]3(C)O[C@@H]1C2. The molecule has 0 aromatic carbocycles. The summed E-state index contributed by atoms with van der Waals surface area (Å²) in [7, 11) is 0. The summed E-state index contributed by atoms with van der Waals surface area (Å²) in [5.74, 6) is 0.0364. The van der Waals surface area contributed by atoms with Crippen molar-refractivity contribution in [1.29, 1.82) is 0 Å². The van der Waals surface area contributed by atoms with Crippen LogP contribution in [0.5, 0.6) is 0 Å². The Kier molecular flexibility index (Phi) is 6.00. The van der Waals surface area contributed by atoms with E-state index in [1.807, 2.05) is 18.7 Å². The fraction of sp³-hybridized carbons (Fsp3) is 0.958. The second kappa shape index (κ2) is 7.94. The van der Waals surface area contributed by atoms with E-state index in [1.165, 1.54) is 0 Å². The Hall–Kier alpha value is -0.730. The summed E-state index contributed by atoms with van der Waals surface area (Å²) in [6, 6.07) is -0.447. The molecular formula is C24H42N2O5. The Labute approximate surface area is 187 Å². The van der Waals surface area contributed by atoms with Crippen LogP contribution in [0.25, 0.3) is 0 Å². The van der Waals surface area contributed by atoms with Crippen LogP contribution in [0.15, 0.2) is 0 Å². The molecule has 1 spiro atoms. The number of ether oxygens (including phenoxy) is 3. The van der Waals surface area contributed by atoms with Crippen molar-refractivity contribution in [2.75, 3.05) is 19.7 Å². The zero-order valence-corrected chi connectivity index (χ0v) is 20.0. The summed E-state index contributed by atoms with van der Waals surface area (Å²) in [6.07, 6.45) is 5.40. The standard InChI is InChI=1S/C24H42N2O5/c1-16(25)20(28)26-12-10-24(11-13-26)14-19-22(4,29-15-24)9-7-18-23(5,31-19)8-6-17(27)21(2,3)30-18/h16-19,27H,6-15,25H2,1-5H3/t16-,17+,18+,19+,22-,23-/m0/s1. The minimum atomic E-state index is -0.580. The molecule has 0 aromatic heterocycles. The van der Waals surface area contributed by atoms with Gasteiger partial charge >= 0.3 is 0 Å². The third-order valence-corrected chi connectivity index (χ3v) is 8.69. The third-order valence-electron chi connectivity index (χ3n) is 8.69. The zero-order valence-electron chi connectivity index (χ0n) is 20.0. The maximum atomic E-state index is 12.3. The van der Waals surface area contributed by atoms with Crippen molar-refractivity contribution in [3.8, 4) is 0 Å². The lowest BCUT2D eigenvalue weighted by atomic mass is 9.69. The molecule has 7 nitrogen and oxygen atoms in total. The van der Waals surface area contributed by atoms with Gasteiger partial charge in [-0.1, -0.05) is 0 Å². The number of aliphatic hydroxyl groups is 1. The fourth-order valence-corrected chi connectivity index (χ4v) is 6.06. The summed E-state index contributed by atoms with van der Waals surface area (Å²) in [6.45, 7) is 12.2. The van der Waals surface area contributed by atoms with E-state index < -0.39 is 23.3 Å². The molecule has 0 aromatic rings. The molecule has 7 heteroatoms. The normalized spacial score (nSPS) is 43.3. The Morgan fingerprint density at radius 2 is 1.65 bits per heavy atom. The lowest BCUT2D eigenvalue weighted by Gasteiger charge is -2.53. The predicted molar refractivity (Wildman–Crippen MR) is 118 cm³/mol. The van der Waals surface area contributed by atoms with Gasteiger partial charge in [0.15, 0.2) is 0 Å². The molecule has 31 heavy (non-hydrogen) atoms. The predicted octanol–water partition coefficient (Wildman–Crippen LogP) is 2.38. The summed E-state index contributed by atoms with van der Waals surface area (Å²) < 4.78 is 20.0. The van der Waals surface area contributed by atoms with E-state index in [-0.39, 0.29) is 29.1 Å². The first kappa shape index (κ1) is 23.4. The van der Waals surface area contributed by atoms with E-state index in [0.29, 0.717) is 6.42 Å². The highest BCUT2D eigenvalue weighted by Crippen LogP contribution is 2.51. The molecule has 4 rings (SSSR count). The van der Waals surface area contributed by atoms with Crippen LogP contribution in [0.1, 0.15) is 79.6 Å². The maximum absolute atomic E-state index is 12.3. The zero-order chi connectivity index (χ0) is 22.7. The molecule has 4 saturated heterocycles. The highest BCUT2D eigenvalue weighted by molar-refractivity contribution is 5.81. The first-order valence-electron chi connectivity index (χ1n) is 12.1. The molecule has 1 amide bonds. The summed E-state index contributed by atoms with van der Waals surface area (Å²) in [5.41, 5.74) is 4.51. The van der Waals surface area contributed by atoms with Crippen LogP contribution >= 0.6 is 0 Å². The Morgan fingerprint density at radius 1 is 1.00 bits per heavy atom. The minimum Gasteiger partial charge on any atom is -0.390 e. The van der Waals surface area contributed by atoms with Crippen LogP contribution in [0, 0.1) is 5.41 Å². The highest BCUT2D eigenvalue weighted by atomic mass is 16.6. The molecule has 3 N–H and O–H groups in total. The first-order valence-corrected chi connectivity index (χ1v) is 12.1. The van der Waals surface area contributed by atoms with E-state index in [1.54, 1.807) is 6.92 Å². The third kappa shape index (κ3) is 4.29. The van der Waals surface area contributed by atoms with Gasteiger partial charge in [0.05, 0.1) is 47.8 Å². The molecule has 178 valence electrons. The largest absolute Gasteiger partial charge is 0.390 e. The number of aliphatic hydroxyl groups excluding tert-OH is 1. The van der Waals surface area contributed by atoms with Gasteiger partial charge in [0.1, 0.15) is 0 Å². The molecule has 4 fully saturated rings. The fourth-order valence-electron chi connectivity index (χ4n) is 6.06. The topological polar surface area (TPSA) is 94.3 Å². The molecular weight excluding hydrogens is 396 g/mol. The number of rotatable bonds is 1. The van der Waals surface area contributed by atoms with Crippen LogP contribution in [0.2, 0.25) is 0 Å². The van der Waals surface area contributed by atoms with E-state index >= 15 is 0 Å². The number of fused-ring (bicyclic) bond motifs is 2. The average molecular weight is 439 g/mol. The van der Waals surface area contributed by atoms with Crippen molar-refractivity contribution in [3.05, 3.63) is 0 Å². The lowest BCUT2D eigenvalue weighted by molar-refractivity contribution is -0.250. The minimum absolute atomic E-state index is 0.0195. The number of carbonyl (C=O) groups is 1. The number of hydrogen-bond donors (Lipinski definition) is 2. The van der Waals surface area contributed by atoms with Crippen molar-refractivity contribution in [2.45, 2.75) is 121 Å². The Morgan fingerprint density at radius 3 is 2.29 bits per heavy atom. The monoisotopic (exact) mass is 438 g/mol. The number of piperidine rings is 1. The van der Waals surface area contributed by atoms with Gasteiger partial charge in [0.25, 0.3) is 0 Å². The van der Waals surface area contributed by atoms with E-state index in [4.69, 9.17) is 19.9 Å². The Bertz CT molecular complexity index is 689. The van der Waals surface area contributed by atoms with Gasteiger partial charge in [-0.15, -0.1) is 0 Å². The highest BCUT2D eigenvalue weighted by Gasteiger charge is 2.56. The summed E-state index contributed by atoms with van der Waals surface area (Å²) >= 11 is 0. The molecule has 0 saturated carbocycles. The lowest BCUT2D eigenvalue weighted by Crippen LogP contribution is -2.58. The molecule has 4 heterocycles. The van der Waals surface area contributed by atoms with Crippen molar-refractivity contribution in [1.82, 2.24) is 4.90 Å². The molecule has 4 aliphatic heterocycles. The van der Waals surface area contributed by atoms with Gasteiger partial charge < -0.3 is 30.0 Å². The first-order chi connectivity index (χ1) is 14.4. The van der Waals surface area contributed by atoms with Crippen molar-refractivity contribution < 1.29 is 24.1 Å². The van der Waals surface area contributed by atoms with Gasteiger partial charge in [-0.3, -0.25) is 4.79 Å². The van der Waals surface area contributed by atoms with Crippen LogP contribution in [-0.2, 0) is 19.0 Å². The number of carbonyl (C=O) groups excluding carboxylic acids is 1. The van der Waals surface area contributed by atoms with Gasteiger partial charge in [-0.2, -0.15) is 0 Å². The Balaban J connectivity index is 1.50. The van der Waals surface area contributed by atoms with E-state index in [2.05, 4.69) is 13.8 Å². The molecule has 4 aliphatic rings. The van der Waals surface area contributed by atoms with Crippen LogP contribution < -0.4 is 5.73 Å². The van der Waals surface area contributed by atoms with E-state index in [9.17, 15) is 9.90 Å². The van der Waals surface area contributed by atoms with E-state index in [0.717, 1.165) is 58.2 Å². The number of nitrogens with zero attached hydrogens (tertiary/aromatic N) is 1. The van der Waals surface area contributed by atoms with Gasteiger partial charge in [0, 0.05) is 13.1 Å². The van der Waals surface area contributed by atoms with Crippen molar-refractivity contribution in [2.24, 2.45) is 11.1 Å². The molecule has 0 radical (unpaired) electrons. The summed E-state index contributed by atoms with van der Waals surface area (Å²) in [5, 5.41) is 10.6. The number of hydrogen-bond acceptors (Lipinski definition) is 6. The molecule has 6 atom stereocenters. The van der Waals surface area contributed by atoms with Crippen LogP contribution in [0.4, 0.5) is 0 Å². The number of amides is 1. The number of nitrogens with two attached hydrogens (primary N) is 1. The van der Waals surface area contributed by atoms with Gasteiger partial charge in [-0.05, 0) is 85.0 Å². The second-order valence-electron chi connectivity index (χ2n) is 11.6. The maximum Gasteiger partial charge on any atom is 0.239 e. The van der Waals surface area contributed by atoms with Gasteiger partial charge in [-0.25, -0.2) is 0 Å². The molecule has 0 unspecified atom stereocenters. The average Bonchev–Trinajstić information content (AvgIpc) is 2.86. The second-order valence-corrected chi connectivity index (χ2v) is 11.6. The van der Waals surface area contributed by atoms with Crippen LogP contribution in [0.3, 0.4) is 0 Å². The van der Waals surface area contributed by atoms with Gasteiger partial charge in [0.2, 0.25) is 5.91 Å². The van der Waals surface area contributed by atoms with Crippen LogP contribution in [-0.4, -0.2) is 76.8 Å². The molecule has 0 bridgehead atoms. The van der Waals surface area contributed by atoms with Crippen molar-refractivity contribution in [3.63, 3.8) is 0 Å². The van der Waals surface area contributed by atoms with Crippen molar-refractivity contribution >= 4 is 5.91 Å². The smallest absolute Gasteiger partial charge is 0.239 e.